The molecule has 4 nitrogen and oxygen atoms in total. The SMILES string of the molecule is CC(O)C(C(=O)O)C1C(CCN)C(CC(CC=CCCC2CCCCC2)CCc2ccccc2)C=CC1C1(c2ccccc2)CCCCC1. The van der Waals surface area contributed by atoms with Gasteiger partial charge in [0, 0.05) is 5.41 Å². The largest absolute Gasteiger partial charge is 0.481 e. The van der Waals surface area contributed by atoms with Gasteiger partial charge in [-0.3, -0.25) is 4.79 Å². The molecule has 0 bridgehead atoms. The second-order valence-electron chi connectivity index (χ2n) is 16.0. The molecule has 7 atom stereocenters. The third kappa shape index (κ3) is 9.97. The molecule has 0 heterocycles. The zero-order valence-corrected chi connectivity index (χ0v) is 30.3. The van der Waals surface area contributed by atoms with Crippen molar-refractivity contribution < 1.29 is 15.0 Å². The standard InChI is InChI=1S/C45H65NO3/c1-34(47)42(44(48)49)43-40(29-32-46)38(27-28-41(43)45(30-15-6-16-31-45)39-23-13-5-14-24-39)33-37(26-25-36-20-10-3-11-21-36)22-12-4-9-19-35-17-7-2-8-18-35/h3-5,10-14,20-21,23-24,27-28,34-35,37-38,40-43,47H,2,6-9,15-19,22,25-26,29-33,46H2,1H3,(H,48,49). The van der Waals surface area contributed by atoms with Crippen LogP contribution in [0.15, 0.2) is 85.0 Å². The fourth-order valence-corrected chi connectivity index (χ4v) is 10.4. The van der Waals surface area contributed by atoms with Gasteiger partial charge in [0.1, 0.15) is 0 Å². The van der Waals surface area contributed by atoms with Crippen molar-refractivity contribution in [1.29, 1.82) is 0 Å². The monoisotopic (exact) mass is 667 g/mol. The number of carboxylic acids is 1. The summed E-state index contributed by atoms with van der Waals surface area (Å²) in [5, 5.41) is 22.0. The zero-order chi connectivity index (χ0) is 34.5. The Morgan fingerprint density at radius 2 is 1.57 bits per heavy atom. The highest BCUT2D eigenvalue weighted by Crippen LogP contribution is 2.56. The Morgan fingerprint density at radius 3 is 2.22 bits per heavy atom. The number of nitrogens with two attached hydrogens (primary N) is 1. The average molecular weight is 668 g/mol. The van der Waals surface area contributed by atoms with Crippen molar-refractivity contribution in [2.75, 3.05) is 6.54 Å². The molecule has 3 aliphatic rings. The Kier molecular flexibility index (Phi) is 14.6. The molecule has 49 heavy (non-hydrogen) atoms. The third-order valence-electron chi connectivity index (χ3n) is 12.9. The Hall–Kier alpha value is -2.69. The Bertz CT molecular complexity index is 1290. The van der Waals surface area contributed by atoms with Crippen molar-refractivity contribution in [3.05, 3.63) is 96.1 Å². The molecule has 2 saturated carbocycles. The fourth-order valence-electron chi connectivity index (χ4n) is 10.4. The zero-order valence-electron chi connectivity index (χ0n) is 30.3. The maximum absolute atomic E-state index is 13.1. The summed E-state index contributed by atoms with van der Waals surface area (Å²) in [6.07, 6.45) is 29.0. The number of benzene rings is 2. The van der Waals surface area contributed by atoms with Crippen LogP contribution in [0.5, 0.6) is 0 Å². The summed E-state index contributed by atoms with van der Waals surface area (Å²) < 4.78 is 0. The van der Waals surface area contributed by atoms with Crippen molar-refractivity contribution in [3.8, 4) is 0 Å². The van der Waals surface area contributed by atoms with E-state index in [1.165, 1.54) is 62.5 Å². The maximum Gasteiger partial charge on any atom is 0.309 e. The van der Waals surface area contributed by atoms with Crippen LogP contribution in [0.3, 0.4) is 0 Å². The van der Waals surface area contributed by atoms with Gasteiger partial charge in [-0.25, -0.2) is 0 Å². The lowest BCUT2D eigenvalue weighted by atomic mass is 9.51. The first kappa shape index (κ1) is 37.6. The molecule has 0 aromatic heterocycles. The lowest BCUT2D eigenvalue weighted by molar-refractivity contribution is -0.152. The summed E-state index contributed by atoms with van der Waals surface area (Å²) in [6.45, 7) is 2.22. The fraction of sp³-hybridized carbons (Fsp3) is 0.622. The molecule has 3 aliphatic carbocycles. The number of hydrogen-bond acceptors (Lipinski definition) is 3. The summed E-state index contributed by atoms with van der Waals surface area (Å²) in [7, 11) is 0. The molecule has 268 valence electrons. The van der Waals surface area contributed by atoms with Gasteiger partial charge in [-0.05, 0) is 118 Å². The van der Waals surface area contributed by atoms with E-state index in [2.05, 4.69) is 85.0 Å². The predicted molar refractivity (Wildman–Crippen MR) is 203 cm³/mol. The van der Waals surface area contributed by atoms with Crippen molar-refractivity contribution in [2.24, 2.45) is 47.2 Å². The highest BCUT2D eigenvalue weighted by molar-refractivity contribution is 5.71. The van der Waals surface area contributed by atoms with Gasteiger partial charge >= 0.3 is 5.97 Å². The van der Waals surface area contributed by atoms with E-state index in [9.17, 15) is 15.0 Å². The molecule has 7 unspecified atom stereocenters. The number of carbonyl (C=O) groups is 1. The van der Waals surface area contributed by atoms with Crippen LogP contribution in [0.4, 0.5) is 0 Å². The molecule has 2 fully saturated rings. The van der Waals surface area contributed by atoms with Gasteiger partial charge in [0.05, 0.1) is 12.0 Å². The molecule has 0 spiro atoms. The van der Waals surface area contributed by atoms with Crippen LogP contribution < -0.4 is 5.73 Å². The smallest absolute Gasteiger partial charge is 0.309 e. The average Bonchev–Trinajstić information content (AvgIpc) is 3.13. The number of aliphatic hydroxyl groups is 1. The van der Waals surface area contributed by atoms with Crippen LogP contribution in [0, 0.1) is 41.4 Å². The van der Waals surface area contributed by atoms with E-state index in [4.69, 9.17) is 5.73 Å². The van der Waals surface area contributed by atoms with Crippen LogP contribution in [-0.2, 0) is 16.6 Å². The minimum absolute atomic E-state index is 0.0427. The summed E-state index contributed by atoms with van der Waals surface area (Å²) in [6, 6.07) is 21.7. The summed E-state index contributed by atoms with van der Waals surface area (Å²) >= 11 is 0. The number of hydrogen-bond donors (Lipinski definition) is 3. The van der Waals surface area contributed by atoms with Gasteiger partial charge in [0.25, 0.3) is 0 Å². The second-order valence-corrected chi connectivity index (χ2v) is 16.0. The first-order chi connectivity index (χ1) is 23.9. The van der Waals surface area contributed by atoms with E-state index < -0.39 is 18.0 Å². The number of rotatable bonds is 17. The van der Waals surface area contributed by atoms with E-state index in [0.29, 0.717) is 12.5 Å². The molecular weight excluding hydrogens is 602 g/mol. The molecule has 0 aliphatic heterocycles. The van der Waals surface area contributed by atoms with Gasteiger partial charge in [0.2, 0.25) is 0 Å². The van der Waals surface area contributed by atoms with Crippen molar-refractivity contribution >= 4 is 5.97 Å². The highest BCUT2D eigenvalue weighted by Gasteiger charge is 2.53. The van der Waals surface area contributed by atoms with Crippen molar-refractivity contribution in [1.82, 2.24) is 0 Å². The van der Waals surface area contributed by atoms with E-state index >= 15 is 0 Å². The van der Waals surface area contributed by atoms with Gasteiger partial charge < -0.3 is 15.9 Å². The maximum atomic E-state index is 13.1. The number of carboxylic acid groups (broad SMARTS) is 1. The molecule has 4 heteroatoms. The van der Waals surface area contributed by atoms with E-state index in [0.717, 1.165) is 63.7 Å². The summed E-state index contributed by atoms with van der Waals surface area (Å²) in [5.41, 5.74) is 8.98. The molecule has 0 radical (unpaired) electrons. The first-order valence-electron chi connectivity index (χ1n) is 20.0. The lowest BCUT2D eigenvalue weighted by Gasteiger charge is -2.53. The van der Waals surface area contributed by atoms with Crippen molar-refractivity contribution in [3.63, 3.8) is 0 Å². The number of aliphatic carboxylic acids is 1. The molecule has 0 saturated heterocycles. The topological polar surface area (TPSA) is 83.5 Å². The first-order valence-corrected chi connectivity index (χ1v) is 20.0. The van der Waals surface area contributed by atoms with Gasteiger partial charge in [-0.2, -0.15) is 0 Å². The summed E-state index contributed by atoms with van der Waals surface area (Å²) in [5.74, 6) is -0.116. The van der Waals surface area contributed by atoms with Gasteiger partial charge in [-0.15, -0.1) is 0 Å². The molecule has 2 aromatic rings. The lowest BCUT2D eigenvalue weighted by Crippen LogP contribution is -2.52. The highest BCUT2D eigenvalue weighted by atomic mass is 16.4. The second kappa shape index (κ2) is 19.1. The quantitative estimate of drug-likeness (QED) is 0.147. The summed E-state index contributed by atoms with van der Waals surface area (Å²) in [4.78, 5) is 13.1. The van der Waals surface area contributed by atoms with Crippen molar-refractivity contribution in [2.45, 2.75) is 128 Å². The molecule has 5 rings (SSSR count). The van der Waals surface area contributed by atoms with Crippen LogP contribution >= 0.6 is 0 Å². The van der Waals surface area contributed by atoms with Gasteiger partial charge in [-0.1, -0.05) is 136 Å². The Balaban J connectivity index is 1.44. The minimum Gasteiger partial charge on any atom is -0.481 e. The predicted octanol–water partition coefficient (Wildman–Crippen LogP) is 10.3. The Morgan fingerprint density at radius 1 is 0.898 bits per heavy atom. The van der Waals surface area contributed by atoms with Crippen LogP contribution in [0.2, 0.25) is 0 Å². The molecule has 2 aromatic carbocycles. The van der Waals surface area contributed by atoms with E-state index in [1.807, 2.05) is 0 Å². The van der Waals surface area contributed by atoms with Crippen LogP contribution in [0.25, 0.3) is 0 Å². The Labute approximate surface area is 297 Å². The molecular formula is C45H65NO3. The number of aliphatic hydroxyl groups excluding tert-OH is 1. The van der Waals surface area contributed by atoms with E-state index in [-0.39, 0.29) is 29.1 Å². The molecule has 0 amide bonds. The number of allylic oxidation sites excluding steroid dienone is 4. The third-order valence-corrected chi connectivity index (χ3v) is 12.9. The normalized spacial score (nSPS) is 26.3. The number of aryl methyl sites for hydroxylation is 1. The minimum atomic E-state index is -0.935. The van der Waals surface area contributed by atoms with Crippen LogP contribution in [-0.4, -0.2) is 28.8 Å². The van der Waals surface area contributed by atoms with Crippen LogP contribution in [0.1, 0.15) is 121 Å². The van der Waals surface area contributed by atoms with E-state index in [1.54, 1.807) is 6.92 Å². The molecule has 4 N–H and O–H groups in total. The van der Waals surface area contributed by atoms with Gasteiger partial charge in [0.15, 0.2) is 0 Å².